The molecule has 0 aliphatic heterocycles. The quantitative estimate of drug-likeness (QED) is 0.723. The summed E-state index contributed by atoms with van der Waals surface area (Å²) in [6.45, 7) is 3.91. The minimum Gasteiger partial charge on any atom is -0.256 e. The van der Waals surface area contributed by atoms with Crippen LogP contribution in [0.1, 0.15) is 11.3 Å². The molecule has 15 heavy (non-hydrogen) atoms. The third-order valence-electron chi connectivity index (χ3n) is 2.15. The van der Waals surface area contributed by atoms with Gasteiger partial charge in [-0.25, -0.2) is 4.39 Å². The Morgan fingerprint density at radius 2 is 2.00 bits per heavy atom. The normalized spacial score (nSPS) is 9.93. The number of halogens is 1. The minimum absolute atomic E-state index is 0.260. The average Bonchev–Trinajstić information content (AvgIpc) is 2.29. The predicted molar refractivity (Wildman–Crippen MR) is 58.8 cm³/mol. The van der Waals surface area contributed by atoms with E-state index in [0.717, 1.165) is 16.8 Å². The fourth-order valence-corrected chi connectivity index (χ4v) is 1.37. The van der Waals surface area contributed by atoms with Gasteiger partial charge in [0.1, 0.15) is 5.82 Å². The third-order valence-corrected chi connectivity index (χ3v) is 2.15. The summed E-state index contributed by atoms with van der Waals surface area (Å²) in [5.41, 5.74) is 2.26. The molecule has 0 spiro atoms. The summed E-state index contributed by atoms with van der Waals surface area (Å²) >= 11 is 0. The summed E-state index contributed by atoms with van der Waals surface area (Å²) in [7, 11) is 0. The Hall–Kier alpha value is -1.96. The van der Waals surface area contributed by atoms with Crippen LogP contribution in [0.2, 0.25) is 0 Å². The molecule has 0 fully saturated rings. The first kappa shape index (κ1) is 9.59. The molecule has 0 N–H and O–H groups in total. The molecule has 0 saturated carbocycles. The van der Waals surface area contributed by atoms with E-state index in [1.165, 1.54) is 12.1 Å². The van der Waals surface area contributed by atoms with Gasteiger partial charge in [-0.2, -0.15) is 0 Å². The highest BCUT2D eigenvalue weighted by Gasteiger charge is 2.03. The number of nitrogens with zero attached hydrogens (tertiary/aromatic N) is 1. The van der Waals surface area contributed by atoms with Crippen LogP contribution < -0.4 is 0 Å². The van der Waals surface area contributed by atoms with E-state index in [0.29, 0.717) is 0 Å². The van der Waals surface area contributed by atoms with Crippen LogP contribution in [-0.2, 0) is 0 Å². The van der Waals surface area contributed by atoms with Crippen molar-refractivity contribution in [2.45, 2.75) is 0 Å². The maximum absolute atomic E-state index is 13.0. The van der Waals surface area contributed by atoms with Gasteiger partial charge in [-0.15, -0.1) is 0 Å². The summed E-state index contributed by atoms with van der Waals surface area (Å²) in [6.07, 6.45) is 1.69. The zero-order valence-corrected chi connectivity index (χ0v) is 8.15. The van der Waals surface area contributed by atoms with Crippen LogP contribution >= 0.6 is 0 Å². The van der Waals surface area contributed by atoms with Crippen molar-refractivity contribution in [2.24, 2.45) is 0 Å². The van der Waals surface area contributed by atoms with Gasteiger partial charge in [0.2, 0.25) is 0 Å². The Bertz CT molecular complexity index is 477. The molecule has 1 heterocycles. The van der Waals surface area contributed by atoms with Gasteiger partial charge in [-0.3, -0.25) is 4.98 Å². The van der Waals surface area contributed by atoms with Crippen molar-refractivity contribution >= 4 is 5.57 Å². The van der Waals surface area contributed by atoms with Gasteiger partial charge in [0.15, 0.2) is 0 Å². The second-order valence-electron chi connectivity index (χ2n) is 3.20. The second kappa shape index (κ2) is 4.05. The van der Waals surface area contributed by atoms with Gasteiger partial charge in [0.05, 0.1) is 5.69 Å². The number of pyridine rings is 1. The molecule has 0 unspecified atom stereocenters. The Balaban J connectivity index is 2.37. The van der Waals surface area contributed by atoms with Gasteiger partial charge in [-0.1, -0.05) is 24.8 Å². The molecule has 1 nitrogen and oxygen atoms in total. The smallest absolute Gasteiger partial charge is 0.123 e. The summed E-state index contributed by atoms with van der Waals surface area (Å²) < 4.78 is 13.0. The minimum atomic E-state index is -0.260. The first-order valence-electron chi connectivity index (χ1n) is 4.63. The van der Waals surface area contributed by atoms with Crippen molar-refractivity contribution in [3.05, 3.63) is 72.3 Å². The van der Waals surface area contributed by atoms with E-state index in [-0.39, 0.29) is 5.82 Å². The molecule has 2 rings (SSSR count). The van der Waals surface area contributed by atoms with Crippen LogP contribution in [0.25, 0.3) is 5.57 Å². The van der Waals surface area contributed by atoms with Gasteiger partial charge < -0.3 is 0 Å². The lowest BCUT2D eigenvalue weighted by Crippen LogP contribution is -1.89. The summed E-state index contributed by atoms with van der Waals surface area (Å²) in [5.74, 6) is -0.260. The van der Waals surface area contributed by atoms with E-state index in [1.807, 2.05) is 24.3 Å². The van der Waals surface area contributed by atoms with Crippen LogP contribution in [0.4, 0.5) is 4.39 Å². The molecule has 0 bridgehead atoms. The molecule has 0 radical (unpaired) electrons. The molecule has 0 aliphatic carbocycles. The van der Waals surface area contributed by atoms with Crippen LogP contribution in [0.5, 0.6) is 0 Å². The predicted octanol–water partition coefficient (Wildman–Crippen LogP) is 3.28. The van der Waals surface area contributed by atoms with Crippen LogP contribution in [0, 0.1) is 5.82 Å². The first-order chi connectivity index (χ1) is 7.27. The van der Waals surface area contributed by atoms with Gasteiger partial charge in [-0.05, 0) is 29.8 Å². The number of hydrogen-bond donors (Lipinski definition) is 0. The lowest BCUT2D eigenvalue weighted by molar-refractivity contribution is 0.627. The molecular formula is C13H10FN. The van der Waals surface area contributed by atoms with Crippen molar-refractivity contribution in [2.75, 3.05) is 0 Å². The third kappa shape index (κ3) is 2.10. The SMILES string of the molecule is C=C(c1cccc(F)c1)c1ccccn1. The topological polar surface area (TPSA) is 12.9 Å². The van der Waals surface area contributed by atoms with E-state index in [9.17, 15) is 4.39 Å². The summed E-state index contributed by atoms with van der Waals surface area (Å²) in [4.78, 5) is 4.16. The number of aromatic nitrogens is 1. The van der Waals surface area contributed by atoms with Crippen molar-refractivity contribution in [3.63, 3.8) is 0 Å². The Labute approximate surface area is 87.9 Å². The van der Waals surface area contributed by atoms with Crippen molar-refractivity contribution in [3.8, 4) is 0 Å². The highest BCUT2D eigenvalue weighted by atomic mass is 19.1. The largest absolute Gasteiger partial charge is 0.256 e. The Morgan fingerprint density at radius 3 is 2.67 bits per heavy atom. The molecule has 0 saturated heterocycles. The second-order valence-corrected chi connectivity index (χ2v) is 3.20. The molecular weight excluding hydrogens is 189 g/mol. The lowest BCUT2D eigenvalue weighted by atomic mass is 10.0. The van der Waals surface area contributed by atoms with E-state index in [1.54, 1.807) is 12.3 Å². The van der Waals surface area contributed by atoms with E-state index in [4.69, 9.17) is 0 Å². The Morgan fingerprint density at radius 1 is 1.13 bits per heavy atom. The molecule has 74 valence electrons. The van der Waals surface area contributed by atoms with E-state index >= 15 is 0 Å². The van der Waals surface area contributed by atoms with Crippen LogP contribution in [0.3, 0.4) is 0 Å². The molecule has 1 aromatic carbocycles. The van der Waals surface area contributed by atoms with E-state index in [2.05, 4.69) is 11.6 Å². The first-order valence-corrected chi connectivity index (χ1v) is 4.63. The maximum atomic E-state index is 13.0. The van der Waals surface area contributed by atoms with Crippen molar-refractivity contribution in [1.82, 2.24) is 4.98 Å². The summed E-state index contributed by atoms with van der Waals surface area (Å²) in [6, 6.07) is 11.9. The Kier molecular flexibility index (Phi) is 2.59. The zero-order chi connectivity index (χ0) is 10.7. The van der Waals surface area contributed by atoms with Gasteiger partial charge >= 0.3 is 0 Å². The van der Waals surface area contributed by atoms with Crippen LogP contribution in [0.15, 0.2) is 55.2 Å². The monoisotopic (exact) mass is 199 g/mol. The molecule has 1 aromatic heterocycles. The lowest BCUT2D eigenvalue weighted by Gasteiger charge is -2.04. The molecule has 0 amide bonds. The van der Waals surface area contributed by atoms with Crippen molar-refractivity contribution < 1.29 is 4.39 Å². The van der Waals surface area contributed by atoms with Gasteiger partial charge in [0.25, 0.3) is 0 Å². The number of hydrogen-bond acceptors (Lipinski definition) is 1. The highest BCUT2D eigenvalue weighted by molar-refractivity contribution is 5.75. The maximum Gasteiger partial charge on any atom is 0.123 e. The summed E-state index contributed by atoms with van der Waals surface area (Å²) in [5, 5.41) is 0. The molecule has 2 aromatic rings. The molecule has 0 aliphatic rings. The number of rotatable bonds is 2. The molecule has 2 heteroatoms. The fourth-order valence-electron chi connectivity index (χ4n) is 1.37. The fraction of sp³-hybridized carbons (Fsp3) is 0. The average molecular weight is 199 g/mol. The van der Waals surface area contributed by atoms with Crippen LogP contribution in [-0.4, -0.2) is 4.98 Å². The van der Waals surface area contributed by atoms with Gasteiger partial charge in [0, 0.05) is 11.8 Å². The zero-order valence-electron chi connectivity index (χ0n) is 8.15. The molecule has 0 atom stereocenters. The van der Waals surface area contributed by atoms with Crippen molar-refractivity contribution in [1.29, 1.82) is 0 Å². The standard InChI is InChI=1S/C13H10FN/c1-10(13-7-2-3-8-15-13)11-5-4-6-12(14)9-11/h2-9H,1H2. The number of benzene rings is 1. The highest BCUT2D eigenvalue weighted by Crippen LogP contribution is 2.19. The van der Waals surface area contributed by atoms with E-state index < -0.39 is 0 Å².